The number of imidazole rings is 1. The van der Waals surface area contributed by atoms with Gasteiger partial charge in [-0.2, -0.15) is 0 Å². The number of hydrogen-bond acceptors (Lipinski definition) is 4. The summed E-state index contributed by atoms with van der Waals surface area (Å²) in [6.45, 7) is 1.68. The summed E-state index contributed by atoms with van der Waals surface area (Å²) in [4.78, 5) is 4.45. The molecular weight excluding hydrogens is 396 g/mol. The van der Waals surface area contributed by atoms with Crippen LogP contribution in [0.1, 0.15) is 50.4 Å². The van der Waals surface area contributed by atoms with Crippen molar-refractivity contribution in [3.8, 4) is 0 Å². The van der Waals surface area contributed by atoms with Gasteiger partial charge in [0.1, 0.15) is 5.82 Å². The van der Waals surface area contributed by atoms with E-state index in [0.717, 1.165) is 24.6 Å². The fraction of sp³-hybridized carbons (Fsp3) is 0.550. The lowest BCUT2D eigenvalue weighted by atomic mass is 9.93. The number of rotatable bonds is 6. The van der Waals surface area contributed by atoms with Crippen molar-refractivity contribution in [1.82, 2.24) is 14.3 Å². The Balaban J connectivity index is 1.27. The SMILES string of the molecule is O=S(=O)(NC1CCn2ccnc21)c1ccc(NCC2CCCC23CC3)c(Cl)c1. The predicted octanol–water partition coefficient (Wildman–Crippen LogP) is 3.95. The summed E-state index contributed by atoms with van der Waals surface area (Å²) < 4.78 is 30.4. The number of benzene rings is 1. The van der Waals surface area contributed by atoms with Crippen LogP contribution in [-0.4, -0.2) is 24.5 Å². The second kappa shape index (κ2) is 6.75. The van der Waals surface area contributed by atoms with Crippen LogP contribution >= 0.6 is 11.6 Å². The summed E-state index contributed by atoms with van der Waals surface area (Å²) in [5, 5.41) is 3.89. The minimum absolute atomic E-state index is 0.188. The van der Waals surface area contributed by atoms with Crippen molar-refractivity contribution >= 4 is 27.3 Å². The van der Waals surface area contributed by atoms with E-state index in [1.807, 2.05) is 10.8 Å². The Kier molecular flexibility index (Phi) is 4.45. The number of fused-ring (bicyclic) bond motifs is 1. The molecule has 150 valence electrons. The van der Waals surface area contributed by atoms with Gasteiger partial charge >= 0.3 is 0 Å². The van der Waals surface area contributed by atoms with Gasteiger partial charge in [0, 0.05) is 25.5 Å². The number of nitrogens with one attached hydrogen (secondary N) is 2. The average molecular weight is 421 g/mol. The average Bonchev–Trinajstić information content (AvgIpc) is 2.98. The van der Waals surface area contributed by atoms with Gasteiger partial charge < -0.3 is 9.88 Å². The van der Waals surface area contributed by atoms with E-state index in [2.05, 4.69) is 15.0 Å². The molecule has 1 aliphatic heterocycles. The Morgan fingerprint density at radius 1 is 1.25 bits per heavy atom. The van der Waals surface area contributed by atoms with Crippen LogP contribution < -0.4 is 10.0 Å². The minimum atomic E-state index is -3.66. The minimum Gasteiger partial charge on any atom is -0.384 e. The van der Waals surface area contributed by atoms with Crippen molar-refractivity contribution in [1.29, 1.82) is 0 Å². The summed E-state index contributed by atoms with van der Waals surface area (Å²) in [5.41, 5.74) is 1.39. The number of halogens is 1. The lowest BCUT2D eigenvalue weighted by Gasteiger charge is -2.20. The Morgan fingerprint density at radius 3 is 2.89 bits per heavy atom. The molecule has 0 saturated heterocycles. The van der Waals surface area contributed by atoms with Crippen LogP contribution in [0.2, 0.25) is 5.02 Å². The van der Waals surface area contributed by atoms with Gasteiger partial charge in [-0.15, -0.1) is 0 Å². The van der Waals surface area contributed by atoms with E-state index in [1.165, 1.54) is 38.2 Å². The summed E-state index contributed by atoms with van der Waals surface area (Å²) in [6.07, 6.45) is 10.9. The standard InChI is InChI=1S/C20H25ClN4O2S/c21-16-12-15(28(26,27)24-18-5-10-25-11-9-22-19(18)25)3-4-17(16)23-13-14-2-1-6-20(14)7-8-20/h3-4,9,11-12,14,18,23-24H,1-2,5-8,10,13H2. The summed E-state index contributed by atoms with van der Waals surface area (Å²) in [6, 6.07) is 4.64. The lowest BCUT2D eigenvalue weighted by molar-refractivity contribution is 0.382. The molecule has 5 rings (SSSR count). The van der Waals surface area contributed by atoms with Crippen LogP contribution in [0.4, 0.5) is 5.69 Å². The predicted molar refractivity (Wildman–Crippen MR) is 109 cm³/mol. The maximum Gasteiger partial charge on any atom is 0.241 e. The highest BCUT2D eigenvalue weighted by molar-refractivity contribution is 7.89. The molecule has 2 fully saturated rings. The number of nitrogens with zero attached hydrogens (tertiary/aromatic N) is 2. The topological polar surface area (TPSA) is 76.0 Å². The number of hydrogen-bond donors (Lipinski definition) is 2. The van der Waals surface area contributed by atoms with Crippen LogP contribution in [0.5, 0.6) is 0 Å². The van der Waals surface area contributed by atoms with Gasteiger partial charge in [0.2, 0.25) is 10.0 Å². The second-order valence-corrected chi connectivity index (χ2v) is 10.5. The highest BCUT2D eigenvalue weighted by atomic mass is 35.5. The molecule has 1 aromatic heterocycles. The van der Waals surface area contributed by atoms with Gasteiger partial charge in [-0.1, -0.05) is 18.0 Å². The van der Waals surface area contributed by atoms with Crippen molar-refractivity contribution in [2.24, 2.45) is 11.3 Å². The van der Waals surface area contributed by atoms with Crippen molar-refractivity contribution in [3.05, 3.63) is 41.4 Å². The van der Waals surface area contributed by atoms with E-state index >= 15 is 0 Å². The lowest BCUT2D eigenvalue weighted by Crippen LogP contribution is -2.28. The Morgan fingerprint density at radius 2 is 2.11 bits per heavy atom. The molecule has 1 aromatic carbocycles. The number of aromatic nitrogens is 2. The van der Waals surface area contributed by atoms with Crippen LogP contribution in [-0.2, 0) is 16.6 Å². The second-order valence-electron chi connectivity index (χ2n) is 8.42. The van der Waals surface area contributed by atoms with Crippen molar-refractivity contribution in [2.75, 3.05) is 11.9 Å². The molecular formula is C20H25ClN4O2S. The first kappa shape index (κ1) is 18.5. The fourth-order valence-corrected chi connectivity index (χ4v) is 6.54. The Hall–Kier alpha value is -1.57. The van der Waals surface area contributed by atoms with Crippen molar-refractivity contribution in [3.63, 3.8) is 0 Å². The third-order valence-electron chi connectivity index (χ3n) is 6.79. The fourth-order valence-electron chi connectivity index (χ4n) is 4.97. The molecule has 2 unspecified atom stereocenters. The van der Waals surface area contributed by atoms with Gasteiger partial charge in [0.25, 0.3) is 0 Å². The van der Waals surface area contributed by atoms with Crippen LogP contribution in [0.25, 0.3) is 0 Å². The van der Waals surface area contributed by atoms with E-state index in [0.29, 0.717) is 22.8 Å². The van der Waals surface area contributed by atoms with Crippen LogP contribution in [0, 0.1) is 11.3 Å². The third-order valence-corrected chi connectivity index (χ3v) is 8.57. The molecule has 2 N–H and O–H groups in total. The zero-order valence-electron chi connectivity index (χ0n) is 15.7. The zero-order chi connectivity index (χ0) is 19.4. The first-order valence-electron chi connectivity index (χ1n) is 10.0. The van der Waals surface area contributed by atoms with E-state index in [1.54, 1.807) is 18.3 Å². The molecule has 2 atom stereocenters. The molecule has 2 aliphatic carbocycles. The van der Waals surface area contributed by atoms with Gasteiger partial charge in [0.15, 0.2) is 0 Å². The Labute approximate surface area is 170 Å². The van der Waals surface area contributed by atoms with Gasteiger partial charge in [-0.3, -0.25) is 0 Å². The first-order valence-corrected chi connectivity index (χ1v) is 11.9. The molecule has 1 spiro atoms. The molecule has 28 heavy (non-hydrogen) atoms. The molecule has 8 heteroatoms. The zero-order valence-corrected chi connectivity index (χ0v) is 17.3. The molecule has 0 bridgehead atoms. The summed E-state index contributed by atoms with van der Waals surface area (Å²) in [7, 11) is -3.66. The van der Waals surface area contributed by atoms with Gasteiger partial charge in [0.05, 0.1) is 21.6 Å². The molecule has 2 heterocycles. The molecule has 0 amide bonds. The summed E-state index contributed by atoms with van der Waals surface area (Å²) in [5.74, 6) is 1.47. The molecule has 2 aromatic rings. The largest absolute Gasteiger partial charge is 0.384 e. The van der Waals surface area contributed by atoms with Gasteiger partial charge in [-0.25, -0.2) is 18.1 Å². The summed E-state index contributed by atoms with van der Waals surface area (Å²) >= 11 is 6.42. The van der Waals surface area contributed by atoms with Crippen LogP contribution in [0.15, 0.2) is 35.5 Å². The highest BCUT2D eigenvalue weighted by Crippen LogP contribution is 2.61. The molecule has 0 radical (unpaired) electrons. The molecule has 6 nitrogen and oxygen atoms in total. The third kappa shape index (κ3) is 3.23. The van der Waals surface area contributed by atoms with Crippen LogP contribution in [0.3, 0.4) is 0 Å². The monoisotopic (exact) mass is 420 g/mol. The van der Waals surface area contributed by atoms with E-state index in [-0.39, 0.29) is 10.9 Å². The Bertz CT molecular complexity index is 999. The normalized spacial score (nSPS) is 25.2. The highest BCUT2D eigenvalue weighted by Gasteiger charge is 2.51. The maximum atomic E-state index is 12.8. The van der Waals surface area contributed by atoms with E-state index in [4.69, 9.17) is 11.6 Å². The number of anilines is 1. The maximum absolute atomic E-state index is 12.8. The first-order chi connectivity index (χ1) is 13.5. The van der Waals surface area contributed by atoms with Crippen molar-refractivity contribution < 1.29 is 8.42 Å². The molecule has 3 aliphatic rings. The van der Waals surface area contributed by atoms with Gasteiger partial charge in [-0.05, 0) is 61.6 Å². The smallest absolute Gasteiger partial charge is 0.241 e. The quantitative estimate of drug-likeness (QED) is 0.741. The number of sulfonamides is 1. The van der Waals surface area contributed by atoms with Crippen molar-refractivity contribution in [2.45, 2.75) is 56.0 Å². The van der Waals surface area contributed by atoms with E-state index in [9.17, 15) is 8.42 Å². The molecule has 2 saturated carbocycles. The number of aryl methyl sites for hydroxylation is 1. The van der Waals surface area contributed by atoms with E-state index < -0.39 is 10.0 Å².